The van der Waals surface area contributed by atoms with Crippen molar-refractivity contribution in [2.45, 2.75) is 52.9 Å². The Morgan fingerprint density at radius 3 is 2.47 bits per heavy atom. The standard InChI is InChI=1S/C15H24ClN3/c1-10-4-6-13(7-5-10)8-9-17-15-12(3)11(2)14(16)18-19-15/h10,13H,4-9H2,1-3H3,(H,17,19). The third-order valence-corrected chi connectivity index (χ3v) is 4.80. The van der Waals surface area contributed by atoms with Crippen LogP contribution in [0.2, 0.25) is 5.15 Å². The van der Waals surface area contributed by atoms with Gasteiger partial charge < -0.3 is 5.32 Å². The molecule has 4 heteroatoms. The van der Waals surface area contributed by atoms with E-state index in [-0.39, 0.29) is 0 Å². The molecular formula is C15H24ClN3. The summed E-state index contributed by atoms with van der Waals surface area (Å²) in [6.07, 6.45) is 6.78. The summed E-state index contributed by atoms with van der Waals surface area (Å²) in [5.41, 5.74) is 2.13. The van der Waals surface area contributed by atoms with E-state index in [2.05, 4.69) is 22.4 Å². The van der Waals surface area contributed by atoms with Crippen molar-refractivity contribution in [2.75, 3.05) is 11.9 Å². The van der Waals surface area contributed by atoms with Gasteiger partial charge in [0, 0.05) is 6.54 Å². The average Bonchev–Trinajstić information content (AvgIpc) is 2.41. The molecule has 1 aliphatic carbocycles. The maximum absolute atomic E-state index is 5.95. The third-order valence-electron chi connectivity index (χ3n) is 4.45. The zero-order valence-corrected chi connectivity index (χ0v) is 12.9. The van der Waals surface area contributed by atoms with Crippen molar-refractivity contribution in [1.29, 1.82) is 0 Å². The maximum Gasteiger partial charge on any atom is 0.155 e. The zero-order valence-electron chi connectivity index (χ0n) is 12.2. The van der Waals surface area contributed by atoms with Crippen LogP contribution in [0.1, 0.15) is 50.2 Å². The molecular weight excluding hydrogens is 258 g/mol. The first-order valence-corrected chi connectivity index (χ1v) is 7.69. The number of anilines is 1. The van der Waals surface area contributed by atoms with Crippen molar-refractivity contribution in [3.05, 3.63) is 16.3 Å². The predicted octanol–water partition coefficient (Wildman–Crippen LogP) is 4.38. The second-order valence-corrected chi connectivity index (χ2v) is 6.29. The molecule has 1 aromatic rings. The van der Waals surface area contributed by atoms with Crippen molar-refractivity contribution < 1.29 is 0 Å². The summed E-state index contributed by atoms with van der Waals surface area (Å²) < 4.78 is 0. The Morgan fingerprint density at radius 2 is 1.79 bits per heavy atom. The lowest BCUT2D eigenvalue weighted by molar-refractivity contribution is 0.282. The van der Waals surface area contributed by atoms with Crippen LogP contribution < -0.4 is 5.32 Å². The minimum absolute atomic E-state index is 0.504. The molecule has 0 radical (unpaired) electrons. The Balaban J connectivity index is 1.81. The SMILES string of the molecule is Cc1c(Cl)nnc(NCCC2CCC(C)CC2)c1C. The van der Waals surface area contributed by atoms with Gasteiger partial charge in [0.05, 0.1) is 0 Å². The van der Waals surface area contributed by atoms with Gasteiger partial charge in [-0.3, -0.25) is 0 Å². The third kappa shape index (κ3) is 3.82. The first-order valence-electron chi connectivity index (χ1n) is 7.31. The summed E-state index contributed by atoms with van der Waals surface area (Å²) in [5, 5.41) is 12.0. The van der Waals surface area contributed by atoms with Crippen LogP contribution in [0.15, 0.2) is 0 Å². The molecule has 1 aliphatic rings. The molecule has 1 N–H and O–H groups in total. The molecule has 106 valence electrons. The highest BCUT2D eigenvalue weighted by Crippen LogP contribution is 2.30. The van der Waals surface area contributed by atoms with Crippen LogP contribution in [-0.4, -0.2) is 16.7 Å². The van der Waals surface area contributed by atoms with E-state index >= 15 is 0 Å². The van der Waals surface area contributed by atoms with E-state index in [1.807, 2.05) is 13.8 Å². The quantitative estimate of drug-likeness (QED) is 0.890. The Hall–Kier alpha value is -0.830. The molecule has 0 unspecified atom stereocenters. The number of halogens is 1. The van der Waals surface area contributed by atoms with Gasteiger partial charge >= 0.3 is 0 Å². The first-order chi connectivity index (χ1) is 9.08. The molecule has 0 amide bonds. The second-order valence-electron chi connectivity index (χ2n) is 5.93. The molecule has 2 rings (SSSR count). The average molecular weight is 282 g/mol. The van der Waals surface area contributed by atoms with Crippen molar-refractivity contribution in [1.82, 2.24) is 10.2 Å². The largest absolute Gasteiger partial charge is 0.368 e. The van der Waals surface area contributed by atoms with Gasteiger partial charge in [-0.1, -0.05) is 44.2 Å². The van der Waals surface area contributed by atoms with E-state index in [1.54, 1.807) is 0 Å². The van der Waals surface area contributed by atoms with Crippen LogP contribution >= 0.6 is 11.6 Å². The highest BCUT2D eigenvalue weighted by atomic mass is 35.5. The van der Waals surface area contributed by atoms with E-state index in [0.29, 0.717) is 5.15 Å². The zero-order chi connectivity index (χ0) is 13.8. The first kappa shape index (κ1) is 14.6. The molecule has 0 spiro atoms. The van der Waals surface area contributed by atoms with Crippen molar-refractivity contribution in [2.24, 2.45) is 11.8 Å². The van der Waals surface area contributed by atoms with E-state index in [9.17, 15) is 0 Å². The summed E-state index contributed by atoms with van der Waals surface area (Å²) in [4.78, 5) is 0. The summed E-state index contributed by atoms with van der Waals surface area (Å²) in [6, 6.07) is 0. The van der Waals surface area contributed by atoms with Crippen LogP contribution in [0.3, 0.4) is 0 Å². The molecule has 1 fully saturated rings. The molecule has 0 saturated heterocycles. The topological polar surface area (TPSA) is 37.8 Å². The summed E-state index contributed by atoms with van der Waals surface area (Å²) in [6.45, 7) is 7.38. The summed E-state index contributed by atoms with van der Waals surface area (Å²) in [7, 11) is 0. The Labute approximate surface area is 121 Å². The molecule has 0 atom stereocenters. The molecule has 1 aromatic heterocycles. The molecule has 0 aromatic carbocycles. The van der Waals surface area contributed by atoms with Crippen LogP contribution in [0, 0.1) is 25.7 Å². The minimum Gasteiger partial charge on any atom is -0.368 e. The number of hydrogen-bond donors (Lipinski definition) is 1. The lowest BCUT2D eigenvalue weighted by Crippen LogP contribution is -2.16. The smallest absolute Gasteiger partial charge is 0.155 e. The van der Waals surface area contributed by atoms with Crippen LogP contribution in [0.5, 0.6) is 0 Å². The monoisotopic (exact) mass is 281 g/mol. The van der Waals surface area contributed by atoms with Gasteiger partial charge in [0.1, 0.15) is 0 Å². The fourth-order valence-corrected chi connectivity index (χ4v) is 2.94. The van der Waals surface area contributed by atoms with Gasteiger partial charge in [-0.05, 0) is 43.2 Å². The van der Waals surface area contributed by atoms with E-state index in [0.717, 1.165) is 35.3 Å². The molecule has 19 heavy (non-hydrogen) atoms. The fourth-order valence-electron chi connectivity index (χ4n) is 2.76. The molecule has 1 saturated carbocycles. The van der Waals surface area contributed by atoms with Gasteiger partial charge in [0.15, 0.2) is 11.0 Å². The molecule has 1 heterocycles. The summed E-state index contributed by atoms with van der Waals surface area (Å²) >= 11 is 5.95. The molecule has 0 bridgehead atoms. The van der Waals surface area contributed by atoms with Gasteiger partial charge in [-0.25, -0.2) is 0 Å². The number of rotatable bonds is 4. The van der Waals surface area contributed by atoms with E-state index < -0.39 is 0 Å². The normalized spacial score (nSPS) is 23.4. The molecule has 3 nitrogen and oxygen atoms in total. The lowest BCUT2D eigenvalue weighted by Gasteiger charge is -2.26. The number of nitrogens with one attached hydrogen (secondary N) is 1. The van der Waals surface area contributed by atoms with E-state index in [4.69, 9.17) is 11.6 Å². The van der Waals surface area contributed by atoms with Gasteiger partial charge in [-0.2, -0.15) is 0 Å². The highest BCUT2D eigenvalue weighted by Gasteiger charge is 2.17. The van der Waals surface area contributed by atoms with Crippen LogP contribution in [-0.2, 0) is 0 Å². The highest BCUT2D eigenvalue weighted by molar-refractivity contribution is 6.30. The van der Waals surface area contributed by atoms with Crippen molar-refractivity contribution in [3.8, 4) is 0 Å². The Kier molecular flexibility index (Phi) is 5.03. The van der Waals surface area contributed by atoms with Crippen molar-refractivity contribution >= 4 is 17.4 Å². The van der Waals surface area contributed by atoms with Gasteiger partial charge in [0.2, 0.25) is 0 Å². The predicted molar refractivity (Wildman–Crippen MR) is 80.7 cm³/mol. The van der Waals surface area contributed by atoms with Gasteiger partial charge in [-0.15, -0.1) is 10.2 Å². The number of hydrogen-bond acceptors (Lipinski definition) is 3. The molecule has 0 aliphatic heterocycles. The lowest BCUT2D eigenvalue weighted by atomic mass is 9.81. The number of nitrogens with zero attached hydrogens (tertiary/aromatic N) is 2. The minimum atomic E-state index is 0.504. The van der Waals surface area contributed by atoms with Crippen LogP contribution in [0.25, 0.3) is 0 Å². The second kappa shape index (κ2) is 6.56. The Morgan fingerprint density at radius 1 is 1.11 bits per heavy atom. The maximum atomic E-state index is 5.95. The fraction of sp³-hybridized carbons (Fsp3) is 0.733. The van der Waals surface area contributed by atoms with Gasteiger partial charge in [0.25, 0.3) is 0 Å². The van der Waals surface area contributed by atoms with E-state index in [1.165, 1.54) is 32.1 Å². The Bertz CT molecular complexity index is 426. The van der Waals surface area contributed by atoms with Crippen molar-refractivity contribution in [3.63, 3.8) is 0 Å². The number of aromatic nitrogens is 2. The van der Waals surface area contributed by atoms with Crippen LogP contribution in [0.4, 0.5) is 5.82 Å². The summed E-state index contributed by atoms with van der Waals surface area (Å²) in [5.74, 6) is 2.69.